The molecule has 8 nitrogen and oxygen atoms in total. The molecule has 0 aliphatic rings. The lowest BCUT2D eigenvalue weighted by molar-refractivity contribution is -0.113. The van der Waals surface area contributed by atoms with E-state index in [2.05, 4.69) is 39.6 Å². The van der Waals surface area contributed by atoms with Gasteiger partial charge in [-0.3, -0.25) is 9.89 Å². The van der Waals surface area contributed by atoms with Crippen LogP contribution in [0.15, 0.2) is 53.7 Å². The molecule has 2 heterocycles. The van der Waals surface area contributed by atoms with E-state index < -0.39 is 0 Å². The number of nitrogens with zero attached hydrogens (tertiary/aromatic N) is 4. The Morgan fingerprint density at radius 1 is 1.15 bits per heavy atom. The van der Waals surface area contributed by atoms with Gasteiger partial charge in [0.2, 0.25) is 16.9 Å². The predicted molar refractivity (Wildman–Crippen MR) is 133 cm³/mol. The van der Waals surface area contributed by atoms with Crippen LogP contribution in [0.5, 0.6) is 0 Å². The van der Waals surface area contributed by atoms with Crippen LogP contribution >= 0.6 is 11.8 Å². The Balaban J connectivity index is 1.44. The molecule has 4 N–H and O–H groups in total. The molecule has 2 aromatic heterocycles. The van der Waals surface area contributed by atoms with Crippen LogP contribution in [-0.2, 0) is 4.79 Å². The molecule has 0 saturated carbocycles. The summed E-state index contributed by atoms with van der Waals surface area (Å²) in [4.78, 5) is 12.6. The Hall–Kier alpha value is -3.59. The van der Waals surface area contributed by atoms with Gasteiger partial charge in [0, 0.05) is 11.3 Å². The van der Waals surface area contributed by atoms with Gasteiger partial charge in [-0.15, -0.1) is 10.2 Å². The molecule has 0 unspecified atom stereocenters. The fourth-order valence-corrected chi connectivity index (χ4v) is 4.17. The molecule has 0 radical (unpaired) electrons. The number of hydrogen-bond acceptors (Lipinski definition) is 6. The number of thioether (sulfide) groups is 1. The maximum absolute atomic E-state index is 12.6. The maximum atomic E-state index is 12.6. The van der Waals surface area contributed by atoms with Crippen molar-refractivity contribution in [2.75, 3.05) is 16.9 Å². The molecular weight excluding hydrogens is 434 g/mol. The number of benzene rings is 2. The molecule has 0 fully saturated rings. The fraction of sp³-hybridized carbons (Fsp3) is 0.250. The topological polar surface area (TPSA) is 115 Å². The predicted octanol–water partition coefficient (Wildman–Crippen LogP) is 4.52. The summed E-state index contributed by atoms with van der Waals surface area (Å²) in [5.41, 5.74) is 6.64. The number of carbonyl (C=O) groups is 1. The fourth-order valence-electron chi connectivity index (χ4n) is 3.52. The number of aromatic amines is 1. The summed E-state index contributed by atoms with van der Waals surface area (Å²) in [6, 6.07) is 16.0. The number of hydrogen-bond donors (Lipinski definition) is 3. The number of aromatic nitrogens is 5. The Labute approximate surface area is 197 Å². The quantitative estimate of drug-likeness (QED) is 0.275. The lowest BCUT2D eigenvalue weighted by Gasteiger charge is -2.16. The van der Waals surface area contributed by atoms with Crippen molar-refractivity contribution in [3.8, 4) is 22.8 Å². The summed E-state index contributed by atoms with van der Waals surface area (Å²) in [7, 11) is 0. The van der Waals surface area contributed by atoms with Crippen LogP contribution in [0.2, 0.25) is 0 Å². The average Bonchev–Trinajstić information content (AvgIpc) is 3.41. The van der Waals surface area contributed by atoms with Crippen molar-refractivity contribution in [1.29, 1.82) is 0 Å². The van der Waals surface area contributed by atoms with E-state index in [-0.39, 0.29) is 11.7 Å². The van der Waals surface area contributed by atoms with Crippen LogP contribution in [0, 0.1) is 13.8 Å². The Kier molecular flexibility index (Phi) is 6.50. The minimum absolute atomic E-state index is 0.121. The van der Waals surface area contributed by atoms with Crippen LogP contribution in [0.3, 0.4) is 0 Å². The first kappa shape index (κ1) is 22.6. The maximum Gasteiger partial charge on any atom is 0.234 e. The standard InChI is InChI=1S/C24H27N7OS/c1-14(2)18-7-5-6-16(4)22(18)26-21(32)13-33-24-30-29-23(31(24)25)20-12-19(27-28-20)17-10-8-15(3)9-11-17/h5-12,14H,13,25H2,1-4H3,(H,26,32)(H,27,28). The lowest BCUT2D eigenvalue weighted by atomic mass is 9.98. The second-order valence-corrected chi connectivity index (χ2v) is 9.18. The van der Waals surface area contributed by atoms with Crippen LogP contribution in [0.4, 0.5) is 5.69 Å². The van der Waals surface area contributed by atoms with Gasteiger partial charge in [-0.1, -0.05) is 73.6 Å². The van der Waals surface area contributed by atoms with Crippen molar-refractivity contribution < 1.29 is 4.79 Å². The van der Waals surface area contributed by atoms with Crippen LogP contribution in [0.1, 0.15) is 36.5 Å². The van der Waals surface area contributed by atoms with E-state index in [4.69, 9.17) is 5.84 Å². The number of aryl methyl sites for hydroxylation is 2. The molecule has 0 aliphatic carbocycles. The highest BCUT2D eigenvalue weighted by Crippen LogP contribution is 2.28. The molecule has 33 heavy (non-hydrogen) atoms. The Bertz CT molecular complexity index is 1270. The summed E-state index contributed by atoms with van der Waals surface area (Å²) in [5.74, 6) is 7.02. The zero-order valence-corrected chi connectivity index (χ0v) is 19.9. The number of nitrogen functional groups attached to an aromatic ring is 1. The minimum atomic E-state index is -0.121. The molecule has 2 aromatic carbocycles. The SMILES string of the molecule is Cc1ccc(-c2cc(-c3nnc(SCC(=O)Nc4c(C)cccc4C(C)C)n3N)[nH]n2)cc1. The second-order valence-electron chi connectivity index (χ2n) is 8.24. The molecule has 0 saturated heterocycles. The van der Waals surface area contributed by atoms with E-state index in [1.807, 2.05) is 62.4 Å². The first-order valence-corrected chi connectivity index (χ1v) is 11.7. The Morgan fingerprint density at radius 3 is 2.64 bits per heavy atom. The van der Waals surface area contributed by atoms with E-state index in [1.54, 1.807) is 0 Å². The van der Waals surface area contributed by atoms with E-state index in [0.29, 0.717) is 22.6 Å². The summed E-state index contributed by atoms with van der Waals surface area (Å²) in [5, 5.41) is 19.2. The van der Waals surface area contributed by atoms with Crippen molar-refractivity contribution in [3.63, 3.8) is 0 Å². The largest absolute Gasteiger partial charge is 0.335 e. The van der Waals surface area contributed by atoms with Crippen molar-refractivity contribution in [2.45, 2.75) is 38.8 Å². The first-order chi connectivity index (χ1) is 15.8. The van der Waals surface area contributed by atoms with Gasteiger partial charge in [-0.2, -0.15) is 5.10 Å². The van der Waals surface area contributed by atoms with Crippen LogP contribution < -0.4 is 11.2 Å². The van der Waals surface area contributed by atoms with Crippen LogP contribution in [-0.4, -0.2) is 36.7 Å². The van der Waals surface area contributed by atoms with E-state index >= 15 is 0 Å². The third-order valence-electron chi connectivity index (χ3n) is 5.35. The summed E-state index contributed by atoms with van der Waals surface area (Å²) in [6.07, 6.45) is 0. The zero-order chi connectivity index (χ0) is 23.5. The zero-order valence-electron chi connectivity index (χ0n) is 19.1. The number of nitrogens with two attached hydrogens (primary N) is 1. The molecule has 170 valence electrons. The number of anilines is 1. The molecular formula is C24H27N7OS. The monoisotopic (exact) mass is 461 g/mol. The molecule has 0 atom stereocenters. The van der Waals surface area contributed by atoms with E-state index in [1.165, 1.54) is 22.0 Å². The van der Waals surface area contributed by atoms with Gasteiger partial charge in [0.1, 0.15) is 5.69 Å². The second kappa shape index (κ2) is 9.50. The molecule has 1 amide bonds. The molecule has 4 rings (SSSR count). The smallest absolute Gasteiger partial charge is 0.234 e. The summed E-state index contributed by atoms with van der Waals surface area (Å²) in [6.45, 7) is 8.25. The number of para-hydroxylation sites is 1. The molecule has 0 bridgehead atoms. The van der Waals surface area contributed by atoms with Gasteiger partial charge < -0.3 is 11.2 Å². The molecule has 0 aliphatic heterocycles. The van der Waals surface area contributed by atoms with Crippen molar-refractivity contribution >= 4 is 23.4 Å². The van der Waals surface area contributed by atoms with Gasteiger partial charge in [-0.05, 0) is 37.0 Å². The van der Waals surface area contributed by atoms with Crippen LogP contribution in [0.25, 0.3) is 22.8 Å². The van der Waals surface area contributed by atoms with Gasteiger partial charge >= 0.3 is 0 Å². The number of H-pyrrole nitrogens is 1. The van der Waals surface area contributed by atoms with E-state index in [9.17, 15) is 4.79 Å². The van der Waals surface area contributed by atoms with Gasteiger partial charge in [0.25, 0.3) is 0 Å². The molecule has 4 aromatic rings. The lowest BCUT2D eigenvalue weighted by Crippen LogP contribution is -2.18. The van der Waals surface area contributed by atoms with Crippen molar-refractivity contribution in [3.05, 3.63) is 65.2 Å². The van der Waals surface area contributed by atoms with Crippen molar-refractivity contribution in [1.82, 2.24) is 25.1 Å². The van der Waals surface area contributed by atoms with Gasteiger partial charge in [0.15, 0.2) is 0 Å². The third kappa shape index (κ3) is 4.93. The first-order valence-electron chi connectivity index (χ1n) is 10.7. The number of amides is 1. The van der Waals surface area contributed by atoms with E-state index in [0.717, 1.165) is 28.1 Å². The highest BCUT2D eigenvalue weighted by atomic mass is 32.2. The number of carbonyl (C=O) groups excluding carboxylic acids is 1. The normalized spacial score (nSPS) is 11.2. The summed E-state index contributed by atoms with van der Waals surface area (Å²) >= 11 is 1.23. The van der Waals surface area contributed by atoms with Gasteiger partial charge in [0.05, 0.1) is 11.4 Å². The van der Waals surface area contributed by atoms with Gasteiger partial charge in [-0.25, -0.2) is 4.68 Å². The number of rotatable bonds is 7. The highest BCUT2D eigenvalue weighted by molar-refractivity contribution is 7.99. The molecule has 0 spiro atoms. The molecule has 9 heteroatoms. The van der Waals surface area contributed by atoms with Crippen molar-refractivity contribution in [2.24, 2.45) is 0 Å². The third-order valence-corrected chi connectivity index (χ3v) is 6.30. The Morgan fingerprint density at radius 2 is 1.91 bits per heavy atom. The average molecular weight is 462 g/mol. The highest BCUT2D eigenvalue weighted by Gasteiger charge is 2.17. The number of nitrogens with one attached hydrogen (secondary N) is 2. The summed E-state index contributed by atoms with van der Waals surface area (Å²) < 4.78 is 1.37. The minimum Gasteiger partial charge on any atom is -0.335 e.